The Morgan fingerprint density at radius 3 is 2.36 bits per heavy atom. The Morgan fingerprint density at radius 2 is 1.74 bits per heavy atom. The third kappa shape index (κ3) is 5.86. The molecule has 0 radical (unpaired) electrons. The van der Waals surface area contributed by atoms with Crippen LogP contribution in [0.4, 0.5) is 22.4 Å². The average Bonchev–Trinajstić information content (AvgIpc) is 3.25. The van der Waals surface area contributed by atoms with Crippen molar-refractivity contribution >= 4 is 17.8 Å². The monoisotopic (exact) mass is 546 g/mol. The summed E-state index contributed by atoms with van der Waals surface area (Å²) in [6.45, 7) is 0.580. The van der Waals surface area contributed by atoms with E-state index in [1.807, 2.05) is 0 Å². The van der Waals surface area contributed by atoms with E-state index in [1.165, 1.54) is 12.1 Å². The highest BCUT2D eigenvalue weighted by molar-refractivity contribution is 5.91. The quantitative estimate of drug-likeness (QED) is 0.517. The third-order valence-corrected chi connectivity index (χ3v) is 7.71. The van der Waals surface area contributed by atoms with Crippen LogP contribution >= 0.6 is 0 Å². The van der Waals surface area contributed by atoms with Crippen molar-refractivity contribution < 1.29 is 31.9 Å². The molecule has 2 aliphatic heterocycles. The Balaban J connectivity index is 1.31. The summed E-state index contributed by atoms with van der Waals surface area (Å²) in [5, 5.41) is 5.35. The maximum Gasteiger partial charge on any atom is 0.317 e. The predicted molar refractivity (Wildman–Crippen MR) is 134 cm³/mol. The lowest BCUT2D eigenvalue weighted by Gasteiger charge is -2.35. The molecule has 1 saturated carbocycles. The van der Waals surface area contributed by atoms with Gasteiger partial charge in [-0.25, -0.2) is 22.4 Å². The van der Waals surface area contributed by atoms with E-state index in [9.17, 15) is 27.6 Å². The summed E-state index contributed by atoms with van der Waals surface area (Å²) >= 11 is 0. The number of nitrogens with zero attached hydrogens (tertiary/aromatic N) is 2. The van der Waals surface area contributed by atoms with Gasteiger partial charge in [0.05, 0.1) is 19.1 Å². The Hall–Kier alpha value is -3.63. The normalized spacial score (nSPS) is 23.0. The van der Waals surface area contributed by atoms with Crippen molar-refractivity contribution in [2.24, 2.45) is 0 Å². The lowest BCUT2D eigenvalue weighted by Crippen LogP contribution is -2.52. The summed E-state index contributed by atoms with van der Waals surface area (Å²) in [6, 6.07) is 10.7. The molecular formula is C28H30F4N4O3. The van der Waals surface area contributed by atoms with Gasteiger partial charge in [-0.2, -0.15) is 0 Å². The molecule has 7 nitrogen and oxygen atoms in total. The SMILES string of the molecule is O=C(N[C@H](c1ccccc1)c1ccc(C2CC(F)(F)C2)c(F)c1)[C@@H]1C[C@@H](F)CN1C(=O)CNC(=O)N1CCC1. The number of carbonyl (C=O) groups is 3. The fourth-order valence-corrected chi connectivity index (χ4v) is 5.37. The van der Waals surface area contributed by atoms with Gasteiger partial charge >= 0.3 is 6.03 Å². The van der Waals surface area contributed by atoms with Gasteiger partial charge in [0.15, 0.2) is 0 Å². The molecule has 11 heteroatoms. The molecule has 1 aliphatic carbocycles. The van der Waals surface area contributed by atoms with Gasteiger partial charge in [0.1, 0.15) is 18.0 Å². The number of hydrogen-bond acceptors (Lipinski definition) is 3. The van der Waals surface area contributed by atoms with Crippen LogP contribution in [0.15, 0.2) is 48.5 Å². The molecule has 3 aliphatic rings. The number of amides is 4. The first-order valence-electron chi connectivity index (χ1n) is 13.1. The molecule has 208 valence electrons. The Labute approximate surface area is 223 Å². The summed E-state index contributed by atoms with van der Waals surface area (Å²) in [5.41, 5.74) is 1.22. The summed E-state index contributed by atoms with van der Waals surface area (Å²) < 4.78 is 56.1. The minimum Gasteiger partial charge on any atom is -0.343 e. The van der Waals surface area contributed by atoms with Crippen molar-refractivity contribution in [3.8, 4) is 0 Å². The second-order valence-corrected chi connectivity index (χ2v) is 10.5. The molecule has 39 heavy (non-hydrogen) atoms. The first kappa shape index (κ1) is 27.0. The van der Waals surface area contributed by atoms with Crippen LogP contribution in [-0.4, -0.2) is 72.0 Å². The van der Waals surface area contributed by atoms with Gasteiger partial charge < -0.3 is 20.4 Å². The molecule has 3 atom stereocenters. The molecule has 2 heterocycles. The van der Waals surface area contributed by atoms with Crippen LogP contribution in [0.1, 0.15) is 54.3 Å². The molecule has 4 amide bonds. The number of halogens is 4. The van der Waals surface area contributed by atoms with Crippen molar-refractivity contribution in [1.29, 1.82) is 0 Å². The smallest absolute Gasteiger partial charge is 0.317 e. The summed E-state index contributed by atoms with van der Waals surface area (Å²) in [7, 11) is 0. The van der Waals surface area contributed by atoms with Crippen molar-refractivity contribution in [1.82, 2.24) is 20.4 Å². The van der Waals surface area contributed by atoms with Gasteiger partial charge in [0, 0.05) is 32.4 Å². The molecule has 2 aromatic carbocycles. The Kier molecular flexibility index (Phi) is 7.51. The molecule has 0 unspecified atom stereocenters. The van der Waals surface area contributed by atoms with Crippen molar-refractivity contribution in [3.63, 3.8) is 0 Å². The lowest BCUT2D eigenvalue weighted by atomic mass is 9.76. The molecule has 0 spiro atoms. The van der Waals surface area contributed by atoms with Crippen LogP contribution in [0.3, 0.4) is 0 Å². The van der Waals surface area contributed by atoms with Crippen LogP contribution in [0.5, 0.6) is 0 Å². The zero-order valence-electron chi connectivity index (χ0n) is 21.2. The van der Waals surface area contributed by atoms with Gasteiger partial charge in [-0.1, -0.05) is 42.5 Å². The van der Waals surface area contributed by atoms with Crippen molar-refractivity contribution in [2.75, 3.05) is 26.2 Å². The van der Waals surface area contributed by atoms with Gasteiger partial charge in [-0.3, -0.25) is 9.59 Å². The molecule has 2 saturated heterocycles. The first-order valence-corrected chi connectivity index (χ1v) is 13.1. The molecule has 0 bridgehead atoms. The van der Waals surface area contributed by atoms with E-state index in [1.54, 1.807) is 41.3 Å². The number of urea groups is 1. The number of alkyl halides is 3. The number of carbonyl (C=O) groups excluding carboxylic acids is 3. The van der Waals surface area contributed by atoms with E-state index in [0.29, 0.717) is 24.2 Å². The van der Waals surface area contributed by atoms with Crippen LogP contribution in [0.2, 0.25) is 0 Å². The standard InChI is InChI=1S/C28H30F4N4O3/c29-20-12-23(36(16-20)24(37)15-33-27(39)35-9-4-10-35)26(38)34-25(17-5-2-1-3-6-17)18-7-8-21(22(30)11-18)19-13-28(31,32)14-19/h1-3,5-8,11,19-20,23,25H,4,9-10,12-16H2,(H,33,39)(H,34,38)/t20-,23+,25-/m1/s1. The maximum absolute atomic E-state index is 15.0. The molecular weight excluding hydrogens is 516 g/mol. The highest BCUT2D eigenvalue weighted by Crippen LogP contribution is 2.49. The minimum atomic E-state index is -2.78. The highest BCUT2D eigenvalue weighted by atomic mass is 19.3. The van der Waals surface area contributed by atoms with Crippen LogP contribution in [0, 0.1) is 5.82 Å². The van der Waals surface area contributed by atoms with Gasteiger partial charge in [-0.15, -0.1) is 0 Å². The van der Waals surface area contributed by atoms with Crippen LogP contribution in [0.25, 0.3) is 0 Å². The third-order valence-electron chi connectivity index (χ3n) is 7.71. The Bertz CT molecular complexity index is 1230. The fraction of sp³-hybridized carbons (Fsp3) is 0.464. The number of hydrogen-bond donors (Lipinski definition) is 2. The molecule has 2 aromatic rings. The van der Waals surface area contributed by atoms with Crippen LogP contribution in [-0.2, 0) is 9.59 Å². The second kappa shape index (κ2) is 10.9. The average molecular weight is 547 g/mol. The minimum absolute atomic E-state index is 0.205. The van der Waals surface area contributed by atoms with Gasteiger partial charge in [-0.05, 0) is 35.1 Å². The van der Waals surface area contributed by atoms with E-state index in [-0.39, 0.29) is 31.1 Å². The first-order chi connectivity index (χ1) is 18.6. The van der Waals surface area contributed by atoms with Gasteiger partial charge in [0.2, 0.25) is 17.7 Å². The zero-order chi connectivity index (χ0) is 27.7. The molecule has 5 rings (SSSR count). The van der Waals surface area contributed by atoms with E-state index in [4.69, 9.17) is 0 Å². The number of likely N-dealkylation sites (tertiary alicyclic amines) is 2. The van der Waals surface area contributed by atoms with E-state index in [2.05, 4.69) is 10.6 Å². The molecule has 3 fully saturated rings. The predicted octanol–water partition coefficient (Wildman–Crippen LogP) is 3.90. The lowest BCUT2D eigenvalue weighted by molar-refractivity contribution is -0.137. The van der Waals surface area contributed by atoms with E-state index >= 15 is 4.39 Å². The van der Waals surface area contributed by atoms with E-state index < -0.39 is 60.6 Å². The van der Waals surface area contributed by atoms with E-state index in [0.717, 1.165) is 11.3 Å². The highest BCUT2D eigenvalue weighted by Gasteiger charge is 2.47. The molecule has 0 aromatic heterocycles. The summed E-state index contributed by atoms with van der Waals surface area (Å²) in [5.74, 6) is -5.18. The zero-order valence-corrected chi connectivity index (χ0v) is 21.2. The maximum atomic E-state index is 15.0. The topological polar surface area (TPSA) is 81.8 Å². The fourth-order valence-electron chi connectivity index (χ4n) is 5.37. The second-order valence-electron chi connectivity index (χ2n) is 10.5. The van der Waals surface area contributed by atoms with Gasteiger partial charge in [0.25, 0.3) is 0 Å². The van der Waals surface area contributed by atoms with Crippen molar-refractivity contribution in [2.45, 2.75) is 55.8 Å². The largest absolute Gasteiger partial charge is 0.343 e. The number of nitrogens with one attached hydrogen (secondary N) is 2. The molecule has 2 N–H and O–H groups in total. The summed E-state index contributed by atoms with van der Waals surface area (Å²) in [4.78, 5) is 41.0. The van der Waals surface area contributed by atoms with Crippen molar-refractivity contribution in [3.05, 3.63) is 71.0 Å². The van der Waals surface area contributed by atoms with Crippen LogP contribution < -0.4 is 10.6 Å². The number of rotatable bonds is 7. The Morgan fingerprint density at radius 1 is 1.03 bits per heavy atom. The number of benzene rings is 2. The summed E-state index contributed by atoms with van der Waals surface area (Å²) in [6.07, 6.45) is -1.54.